The summed E-state index contributed by atoms with van der Waals surface area (Å²) in [6, 6.07) is 1.39. The number of carboxylic acid groups (broad SMARTS) is 1. The Bertz CT molecular complexity index is 445. The average molecular weight is 284 g/mol. The van der Waals surface area contributed by atoms with Gasteiger partial charge in [-0.05, 0) is 15.9 Å². The van der Waals surface area contributed by atoms with E-state index in [1.54, 1.807) is 11.0 Å². The van der Waals surface area contributed by atoms with E-state index in [2.05, 4.69) is 28.4 Å². The summed E-state index contributed by atoms with van der Waals surface area (Å²) in [5.74, 6) is 1.61. The molecular weight excluding hydrogens is 274 g/mol. The number of carboxylic acids is 1. The highest BCUT2D eigenvalue weighted by Gasteiger charge is 2.18. The van der Waals surface area contributed by atoms with Crippen molar-refractivity contribution in [3.63, 3.8) is 0 Å². The fraction of sp³-hybridized carbons (Fsp3) is 0.182. The number of halogens is 1. The highest BCUT2D eigenvalue weighted by molar-refractivity contribution is 9.10. The fourth-order valence-electron chi connectivity index (χ4n) is 1.17. The minimum Gasteiger partial charge on any atom is -0.475 e. The third kappa shape index (κ3) is 2.67. The first-order chi connectivity index (χ1) is 7.60. The molecule has 0 aliphatic rings. The molecule has 1 aromatic heterocycles. The van der Waals surface area contributed by atoms with Gasteiger partial charge in [0.1, 0.15) is 0 Å². The number of anilines is 1. The van der Waals surface area contributed by atoms with Gasteiger partial charge in [-0.2, -0.15) is 0 Å². The molecule has 0 saturated heterocycles. The molecule has 1 rings (SSSR count). The molecule has 0 aliphatic carbocycles. The molecular formula is C11H10BrNO3. The van der Waals surface area contributed by atoms with E-state index in [0.29, 0.717) is 23.4 Å². The maximum absolute atomic E-state index is 10.7. The van der Waals surface area contributed by atoms with Crippen LogP contribution in [0, 0.1) is 12.3 Å². The fourth-order valence-corrected chi connectivity index (χ4v) is 1.71. The topological polar surface area (TPSA) is 53.7 Å². The van der Waals surface area contributed by atoms with Crippen molar-refractivity contribution in [2.75, 3.05) is 18.0 Å². The molecule has 16 heavy (non-hydrogen) atoms. The van der Waals surface area contributed by atoms with E-state index in [4.69, 9.17) is 15.9 Å². The molecule has 5 heteroatoms. The van der Waals surface area contributed by atoms with Gasteiger partial charge in [0.25, 0.3) is 0 Å². The number of furan rings is 1. The van der Waals surface area contributed by atoms with Crippen molar-refractivity contribution in [1.82, 2.24) is 0 Å². The van der Waals surface area contributed by atoms with Crippen molar-refractivity contribution in [3.05, 3.63) is 29.0 Å². The van der Waals surface area contributed by atoms with E-state index in [0.717, 1.165) is 0 Å². The largest absolute Gasteiger partial charge is 0.475 e. The van der Waals surface area contributed by atoms with Crippen LogP contribution in [0.3, 0.4) is 0 Å². The van der Waals surface area contributed by atoms with E-state index in [1.165, 1.54) is 6.07 Å². The monoisotopic (exact) mass is 283 g/mol. The van der Waals surface area contributed by atoms with Gasteiger partial charge in [0.15, 0.2) is 0 Å². The smallest absolute Gasteiger partial charge is 0.371 e. The maximum Gasteiger partial charge on any atom is 0.371 e. The Morgan fingerprint density at radius 2 is 2.50 bits per heavy atom. The normalized spacial score (nSPS) is 9.50. The molecule has 0 aromatic carbocycles. The van der Waals surface area contributed by atoms with Crippen LogP contribution in [0.4, 0.5) is 5.88 Å². The van der Waals surface area contributed by atoms with Crippen LogP contribution in [0.5, 0.6) is 0 Å². The molecule has 0 atom stereocenters. The van der Waals surface area contributed by atoms with Gasteiger partial charge in [0.05, 0.1) is 11.0 Å². The second-order valence-corrected chi connectivity index (χ2v) is 3.80. The number of terminal acetylenes is 1. The maximum atomic E-state index is 10.7. The number of hydrogen-bond acceptors (Lipinski definition) is 3. The number of carbonyl (C=O) groups is 1. The lowest BCUT2D eigenvalue weighted by atomic mass is 10.4. The van der Waals surface area contributed by atoms with Gasteiger partial charge in [-0.25, -0.2) is 4.79 Å². The van der Waals surface area contributed by atoms with E-state index in [-0.39, 0.29) is 5.76 Å². The quantitative estimate of drug-likeness (QED) is 0.666. The van der Waals surface area contributed by atoms with Crippen molar-refractivity contribution in [3.8, 4) is 12.3 Å². The van der Waals surface area contributed by atoms with Crippen LogP contribution in [-0.4, -0.2) is 24.2 Å². The summed E-state index contributed by atoms with van der Waals surface area (Å²) in [5, 5.41) is 8.77. The summed E-state index contributed by atoms with van der Waals surface area (Å²) >= 11 is 3.22. The first kappa shape index (κ1) is 12.4. The van der Waals surface area contributed by atoms with Gasteiger partial charge in [-0.3, -0.25) is 0 Å². The highest BCUT2D eigenvalue weighted by Crippen LogP contribution is 2.30. The zero-order valence-electron chi connectivity index (χ0n) is 8.44. The second kappa shape index (κ2) is 5.42. The first-order valence-corrected chi connectivity index (χ1v) is 5.21. The third-order valence-electron chi connectivity index (χ3n) is 1.80. The van der Waals surface area contributed by atoms with Crippen LogP contribution in [0.25, 0.3) is 0 Å². The zero-order chi connectivity index (χ0) is 12.1. The van der Waals surface area contributed by atoms with E-state index < -0.39 is 5.97 Å². The summed E-state index contributed by atoms with van der Waals surface area (Å²) in [6.07, 6.45) is 6.87. The summed E-state index contributed by atoms with van der Waals surface area (Å²) in [4.78, 5) is 12.4. The van der Waals surface area contributed by atoms with Crippen molar-refractivity contribution in [2.24, 2.45) is 0 Å². The molecule has 0 amide bonds. The summed E-state index contributed by atoms with van der Waals surface area (Å²) < 4.78 is 5.74. The molecule has 1 N–H and O–H groups in total. The average Bonchev–Trinajstić information content (AvgIpc) is 2.60. The van der Waals surface area contributed by atoms with Gasteiger partial charge in [-0.15, -0.1) is 13.0 Å². The molecule has 4 nitrogen and oxygen atoms in total. The van der Waals surface area contributed by atoms with Crippen LogP contribution in [0.15, 0.2) is 27.6 Å². The molecule has 0 saturated carbocycles. The minimum atomic E-state index is -1.12. The lowest BCUT2D eigenvalue weighted by Crippen LogP contribution is -2.23. The Balaban J connectivity index is 3.04. The summed E-state index contributed by atoms with van der Waals surface area (Å²) in [6.45, 7) is 4.39. The number of rotatable bonds is 5. The van der Waals surface area contributed by atoms with Crippen molar-refractivity contribution in [2.45, 2.75) is 0 Å². The van der Waals surface area contributed by atoms with E-state index in [1.807, 2.05) is 0 Å². The molecule has 0 aliphatic heterocycles. The second-order valence-electron chi connectivity index (χ2n) is 2.94. The lowest BCUT2D eigenvalue weighted by Gasteiger charge is -2.17. The number of aromatic carboxylic acids is 1. The summed E-state index contributed by atoms with van der Waals surface area (Å²) in [7, 11) is 0. The Morgan fingerprint density at radius 3 is 2.94 bits per heavy atom. The molecule has 0 bridgehead atoms. The van der Waals surface area contributed by atoms with Gasteiger partial charge >= 0.3 is 5.97 Å². The van der Waals surface area contributed by atoms with Gasteiger partial charge in [0.2, 0.25) is 11.6 Å². The van der Waals surface area contributed by atoms with E-state index in [9.17, 15) is 4.79 Å². The van der Waals surface area contributed by atoms with E-state index >= 15 is 0 Å². The van der Waals surface area contributed by atoms with Gasteiger partial charge in [0, 0.05) is 12.6 Å². The predicted octanol–water partition coefficient (Wildman–Crippen LogP) is 2.37. The van der Waals surface area contributed by atoms with Gasteiger partial charge < -0.3 is 14.4 Å². The Morgan fingerprint density at radius 1 is 1.81 bits per heavy atom. The lowest BCUT2D eigenvalue weighted by molar-refractivity contribution is 0.0663. The minimum absolute atomic E-state index is 0.132. The highest BCUT2D eigenvalue weighted by atomic mass is 79.9. The molecule has 84 valence electrons. The van der Waals surface area contributed by atoms with Crippen LogP contribution in [0.1, 0.15) is 10.6 Å². The Hall–Kier alpha value is -1.67. The van der Waals surface area contributed by atoms with Crippen LogP contribution >= 0.6 is 15.9 Å². The zero-order valence-corrected chi connectivity index (χ0v) is 10.0. The van der Waals surface area contributed by atoms with Crippen LogP contribution in [0.2, 0.25) is 0 Å². The standard InChI is InChI=1S/C11H10BrNO3/c1-3-5-13(6-4-2)10-8(12)7-9(16-10)11(14)15/h1,4,7H,2,5-6H2,(H,14,15). The molecule has 0 radical (unpaired) electrons. The number of hydrogen-bond donors (Lipinski definition) is 1. The summed E-state index contributed by atoms with van der Waals surface area (Å²) in [5.41, 5.74) is 0. The van der Waals surface area contributed by atoms with Crippen LogP contribution in [-0.2, 0) is 0 Å². The SMILES string of the molecule is C#CCN(CC=C)c1oc(C(=O)O)cc1Br. The van der Waals surface area contributed by atoms with Crippen molar-refractivity contribution in [1.29, 1.82) is 0 Å². The van der Waals surface area contributed by atoms with Gasteiger partial charge in [-0.1, -0.05) is 12.0 Å². The van der Waals surface area contributed by atoms with Crippen molar-refractivity contribution < 1.29 is 14.3 Å². The Labute approximate surface area is 102 Å². The van der Waals surface area contributed by atoms with Crippen LogP contribution < -0.4 is 4.90 Å². The molecule has 1 aromatic rings. The first-order valence-electron chi connectivity index (χ1n) is 4.42. The molecule has 0 fully saturated rings. The Kier molecular flexibility index (Phi) is 4.20. The molecule has 0 unspecified atom stereocenters. The molecule has 1 heterocycles. The third-order valence-corrected chi connectivity index (χ3v) is 2.37. The number of nitrogens with zero attached hydrogens (tertiary/aromatic N) is 1. The van der Waals surface area contributed by atoms with Crippen molar-refractivity contribution >= 4 is 27.8 Å². The molecule has 0 spiro atoms. The predicted molar refractivity (Wildman–Crippen MR) is 64.6 cm³/mol.